The number of ether oxygens (including phenoxy) is 2. The third-order valence-corrected chi connectivity index (χ3v) is 4.99. The Morgan fingerprint density at radius 3 is 2.61 bits per heavy atom. The van der Waals surface area contributed by atoms with Crippen LogP contribution in [-0.4, -0.2) is 34.0 Å². The fourth-order valence-electron chi connectivity index (χ4n) is 3.04. The lowest BCUT2D eigenvalue weighted by molar-refractivity contribution is -0.386. The van der Waals surface area contributed by atoms with E-state index in [-0.39, 0.29) is 34.8 Å². The molecule has 10 heteroatoms. The van der Waals surface area contributed by atoms with Gasteiger partial charge in [0.15, 0.2) is 5.75 Å². The molecule has 0 spiro atoms. The normalized spacial score (nSPS) is 11.8. The summed E-state index contributed by atoms with van der Waals surface area (Å²) in [5, 5.41) is 16.4. The highest BCUT2D eigenvalue weighted by Gasteiger charge is 2.24. The van der Waals surface area contributed by atoms with E-state index in [1.807, 2.05) is 20.8 Å². The number of halogens is 1. The molecule has 2 aromatic carbocycles. The number of nitro groups is 1. The Balaban J connectivity index is 2.08. The number of rotatable bonds is 7. The average Bonchev–Trinajstić information content (AvgIpc) is 2.72. The van der Waals surface area contributed by atoms with Gasteiger partial charge in [-0.1, -0.05) is 36.7 Å². The fourth-order valence-corrected chi connectivity index (χ4v) is 3.40. The first-order chi connectivity index (χ1) is 15.5. The van der Waals surface area contributed by atoms with E-state index in [2.05, 4.69) is 26.0 Å². The molecular weight excluding hydrogens is 492 g/mol. The van der Waals surface area contributed by atoms with Crippen molar-refractivity contribution >= 4 is 38.7 Å². The van der Waals surface area contributed by atoms with Gasteiger partial charge in [0.05, 0.1) is 35.3 Å². The monoisotopic (exact) mass is 516 g/mol. The van der Waals surface area contributed by atoms with E-state index in [1.54, 1.807) is 38.1 Å². The van der Waals surface area contributed by atoms with Crippen LogP contribution >= 0.6 is 15.9 Å². The van der Waals surface area contributed by atoms with Crippen LogP contribution in [0.3, 0.4) is 0 Å². The average molecular weight is 517 g/mol. The first-order valence-electron chi connectivity index (χ1n) is 10.3. The maximum absolute atomic E-state index is 12.9. The number of nitro benzene ring substituents is 1. The smallest absolute Gasteiger partial charge is 0.315 e. The topological polar surface area (TPSA) is 109 Å². The molecule has 0 saturated carbocycles. The molecule has 1 aromatic heterocycles. The van der Waals surface area contributed by atoms with Gasteiger partial charge in [-0.05, 0) is 43.5 Å². The van der Waals surface area contributed by atoms with Crippen LogP contribution in [0.1, 0.15) is 39.1 Å². The Bertz CT molecular complexity index is 1290. The van der Waals surface area contributed by atoms with Crippen LogP contribution in [0.15, 0.2) is 44.7 Å². The van der Waals surface area contributed by atoms with Crippen LogP contribution in [0.4, 0.5) is 5.69 Å². The highest BCUT2D eigenvalue weighted by atomic mass is 79.9. The molecule has 0 aliphatic carbocycles. The fraction of sp³-hybridized carbons (Fsp3) is 0.348. The van der Waals surface area contributed by atoms with Crippen LogP contribution < -0.4 is 15.0 Å². The standard InChI is InChI=1S/C23H25BrN4O5/c1-6-32-20-10-15(9-19(28(30)31)21(20)33-13-23(3,4)5)12-25-27-14(2)26-18-8-7-16(24)11-17(18)22(27)29/h7-12H,6,13H2,1-5H3. The molecule has 33 heavy (non-hydrogen) atoms. The Kier molecular flexibility index (Phi) is 7.16. The maximum atomic E-state index is 12.9. The summed E-state index contributed by atoms with van der Waals surface area (Å²) in [4.78, 5) is 28.6. The van der Waals surface area contributed by atoms with Crippen LogP contribution in [-0.2, 0) is 0 Å². The van der Waals surface area contributed by atoms with Crippen LogP contribution in [0.2, 0.25) is 0 Å². The molecule has 0 radical (unpaired) electrons. The summed E-state index contributed by atoms with van der Waals surface area (Å²) in [6, 6.07) is 8.17. The molecule has 0 aliphatic rings. The quantitative estimate of drug-likeness (QED) is 0.246. The zero-order valence-electron chi connectivity index (χ0n) is 19.1. The van der Waals surface area contributed by atoms with E-state index in [9.17, 15) is 14.9 Å². The summed E-state index contributed by atoms with van der Waals surface area (Å²) in [6.07, 6.45) is 1.36. The van der Waals surface area contributed by atoms with Gasteiger partial charge in [-0.3, -0.25) is 14.9 Å². The molecule has 9 nitrogen and oxygen atoms in total. The van der Waals surface area contributed by atoms with Crippen molar-refractivity contribution in [1.29, 1.82) is 0 Å². The number of hydrogen-bond donors (Lipinski definition) is 0. The maximum Gasteiger partial charge on any atom is 0.315 e. The molecular formula is C23H25BrN4O5. The van der Waals surface area contributed by atoms with Crippen molar-refractivity contribution in [3.63, 3.8) is 0 Å². The zero-order valence-corrected chi connectivity index (χ0v) is 20.7. The molecule has 0 atom stereocenters. The molecule has 0 amide bonds. The van der Waals surface area contributed by atoms with Gasteiger partial charge in [0.25, 0.3) is 5.56 Å². The van der Waals surface area contributed by atoms with Crippen molar-refractivity contribution < 1.29 is 14.4 Å². The van der Waals surface area contributed by atoms with Gasteiger partial charge >= 0.3 is 5.69 Å². The third-order valence-electron chi connectivity index (χ3n) is 4.50. The molecule has 0 N–H and O–H groups in total. The number of nitrogens with zero attached hydrogens (tertiary/aromatic N) is 4. The number of benzene rings is 2. The second-order valence-corrected chi connectivity index (χ2v) is 9.50. The minimum absolute atomic E-state index is 0.0690. The summed E-state index contributed by atoms with van der Waals surface area (Å²) < 4.78 is 13.3. The van der Waals surface area contributed by atoms with Crippen molar-refractivity contribution in [2.24, 2.45) is 10.5 Å². The summed E-state index contributed by atoms with van der Waals surface area (Å²) >= 11 is 3.36. The molecule has 174 valence electrons. The number of aryl methyl sites for hydroxylation is 1. The predicted octanol–water partition coefficient (Wildman–Crippen LogP) is 5.08. The predicted molar refractivity (Wildman–Crippen MR) is 131 cm³/mol. The minimum atomic E-state index is -0.523. The van der Waals surface area contributed by atoms with E-state index in [0.29, 0.717) is 28.9 Å². The number of aromatic nitrogens is 2. The van der Waals surface area contributed by atoms with E-state index < -0.39 is 4.92 Å². The van der Waals surface area contributed by atoms with Gasteiger partial charge in [0, 0.05) is 16.1 Å². The van der Waals surface area contributed by atoms with Gasteiger partial charge in [-0.25, -0.2) is 4.98 Å². The summed E-state index contributed by atoms with van der Waals surface area (Å²) in [7, 11) is 0. The number of fused-ring (bicyclic) bond motifs is 1. The molecule has 3 rings (SSSR count). The van der Waals surface area contributed by atoms with Crippen LogP contribution in [0.25, 0.3) is 10.9 Å². The summed E-state index contributed by atoms with van der Waals surface area (Å²) in [5.41, 5.74) is 0.153. The van der Waals surface area contributed by atoms with Crippen molar-refractivity contribution in [3.05, 3.63) is 66.7 Å². The van der Waals surface area contributed by atoms with Gasteiger partial charge < -0.3 is 9.47 Å². The van der Waals surface area contributed by atoms with Crippen molar-refractivity contribution in [2.45, 2.75) is 34.6 Å². The van der Waals surface area contributed by atoms with Crippen molar-refractivity contribution in [3.8, 4) is 11.5 Å². The molecule has 0 bridgehead atoms. The van der Waals surface area contributed by atoms with E-state index >= 15 is 0 Å². The highest BCUT2D eigenvalue weighted by Crippen LogP contribution is 2.39. The van der Waals surface area contributed by atoms with Crippen molar-refractivity contribution in [2.75, 3.05) is 13.2 Å². The van der Waals surface area contributed by atoms with Gasteiger partial charge in [0.2, 0.25) is 5.75 Å². The van der Waals surface area contributed by atoms with E-state index in [1.165, 1.54) is 12.3 Å². The largest absolute Gasteiger partial charge is 0.490 e. The lowest BCUT2D eigenvalue weighted by Gasteiger charge is -2.20. The lowest BCUT2D eigenvalue weighted by atomic mass is 9.98. The lowest BCUT2D eigenvalue weighted by Crippen LogP contribution is -2.20. The molecule has 0 aliphatic heterocycles. The minimum Gasteiger partial charge on any atom is -0.490 e. The second kappa shape index (κ2) is 9.70. The Morgan fingerprint density at radius 2 is 1.97 bits per heavy atom. The first kappa shape index (κ1) is 24.4. The van der Waals surface area contributed by atoms with Gasteiger partial charge in [-0.15, -0.1) is 0 Å². The van der Waals surface area contributed by atoms with Gasteiger partial charge in [0.1, 0.15) is 5.82 Å². The Morgan fingerprint density at radius 1 is 1.24 bits per heavy atom. The zero-order chi connectivity index (χ0) is 24.3. The van der Waals surface area contributed by atoms with Gasteiger partial charge in [-0.2, -0.15) is 9.78 Å². The SMILES string of the molecule is CCOc1cc(C=Nn2c(C)nc3ccc(Br)cc3c2=O)cc([N+](=O)[O-])c1OCC(C)(C)C. The third kappa shape index (κ3) is 5.75. The summed E-state index contributed by atoms with van der Waals surface area (Å²) in [6.45, 7) is 9.92. The molecule has 3 aromatic rings. The van der Waals surface area contributed by atoms with Crippen LogP contribution in [0, 0.1) is 22.5 Å². The van der Waals surface area contributed by atoms with Crippen LogP contribution in [0.5, 0.6) is 11.5 Å². The van der Waals surface area contributed by atoms with E-state index in [4.69, 9.17) is 9.47 Å². The first-order valence-corrected chi connectivity index (χ1v) is 11.1. The highest BCUT2D eigenvalue weighted by molar-refractivity contribution is 9.10. The molecule has 0 unspecified atom stereocenters. The Hall–Kier alpha value is -3.27. The van der Waals surface area contributed by atoms with Crippen molar-refractivity contribution in [1.82, 2.24) is 9.66 Å². The Labute approximate surface area is 199 Å². The van der Waals surface area contributed by atoms with E-state index in [0.717, 1.165) is 9.15 Å². The molecule has 0 fully saturated rings. The molecule has 0 saturated heterocycles. The number of hydrogen-bond acceptors (Lipinski definition) is 7. The summed E-state index contributed by atoms with van der Waals surface area (Å²) in [5.74, 6) is 0.692. The second-order valence-electron chi connectivity index (χ2n) is 8.59. The molecule has 1 heterocycles.